The number of carbonyl (C=O) groups excluding carboxylic acids is 1. The second-order valence-corrected chi connectivity index (χ2v) is 15.0. The van der Waals surface area contributed by atoms with E-state index in [-0.39, 0.29) is 13.0 Å². The van der Waals surface area contributed by atoms with Crippen molar-refractivity contribution >= 4 is 6.03 Å². The molecule has 1 aliphatic rings. The fourth-order valence-corrected chi connectivity index (χ4v) is 6.91. The number of nitrogens with one attached hydrogen (secondary N) is 2. The molecule has 0 radical (unpaired) electrons. The molecule has 7 unspecified atom stereocenters. The average molecular weight is 701 g/mol. The number of ether oxygens (including phenoxy) is 1. The Balaban J connectivity index is 2.09. The first-order chi connectivity index (χ1) is 23.8. The number of rotatable bonds is 31. The van der Waals surface area contributed by atoms with Crippen molar-refractivity contribution in [1.29, 1.82) is 0 Å². The van der Waals surface area contributed by atoms with E-state index in [2.05, 4.69) is 17.6 Å². The van der Waals surface area contributed by atoms with E-state index in [1.807, 2.05) is 6.92 Å². The molecule has 1 fully saturated rings. The molecule has 0 heterocycles. The van der Waals surface area contributed by atoms with Crippen LogP contribution in [0.15, 0.2) is 0 Å². The van der Waals surface area contributed by atoms with Gasteiger partial charge < -0.3 is 40.9 Å². The number of hydrogen-bond acceptors (Lipinski definition) is 7. The van der Waals surface area contributed by atoms with Gasteiger partial charge in [0, 0.05) is 13.0 Å². The highest BCUT2D eigenvalue weighted by molar-refractivity contribution is 5.74. The topological polar surface area (TPSA) is 152 Å². The molecule has 292 valence electrons. The minimum Gasteiger partial charge on any atom is -0.393 e. The monoisotopic (exact) mass is 701 g/mol. The Morgan fingerprint density at radius 2 is 1.10 bits per heavy atom. The van der Waals surface area contributed by atoms with Crippen LogP contribution in [0.25, 0.3) is 0 Å². The van der Waals surface area contributed by atoms with Crippen LogP contribution >= 0.6 is 0 Å². The standard InChI is InChI=1S/C40H80N2O7/c1-3-5-6-7-8-9-10-11-12-13-14-15-16-17-18-19-20-21-22-23-24-27-30-41-40(48)42-34(36(45)31-33(43)4-2)32-49-37-29-26-25-28-35(44)38(46)39(37)47/h33-39,43-47H,3-32H2,1-2H3,(H2,41,42,48). The van der Waals surface area contributed by atoms with Crippen molar-refractivity contribution in [3.63, 3.8) is 0 Å². The number of unbranched alkanes of at least 4 members (excludes halogenated alkanes) is 21. The van der Waals surface area contributed by atoms with Crippen molar-refractivity contribution in [2.45, 2.75) is 236 Å². The number of amides is 2. The summed E-state index contributed by atoms with van der Waals surface area (Å²) in [6.45, 7) is 4.55. The third-order valence-electron chi connectivity index (χ3n) is 10.4. The molecule has 0 aromatic carbocycles. The number of urea groups is 1. The number of hydrogen-bond donors (Lipinski definition) is 7. The molecule has 1 saturated carbocycles. The van der Waals surface area contributed by atoms with Crippen LogP contribution in [0.5, 0.6) is 0 Å². The summed E-state index contributed by atoms with van der Waals surface area (Å²) in [6, 6.07) is -1.21. The van der Waals surface area contributed by atoms with Crippen LogP contribution in [0.2, 0.25) is 0 Å². The largest absolute Gasteiger partial charge is 0.393 e. The van der Waals surface area contributed by atoms with E-state index in [4.69, 9.17) is 4.74 Å². The smallest absolute Gasteiger partial charge is 0.315 e. The molecule has 0 aromatic heterocycles. The van der Waals surface area contributed by atoms with Crippen molar-refractivity contribution < 1.29 is 35.1 Å². The summed E-state index contributed by atoms with van der Waals surface area (Å²) in [4.78, 5) is 12.7. The molecule has 7 atom stereocenters. The predicted octanol–water partition coefficient (Wildman–Crippen LogP) is 7.82. The van der Waals surface area contributed by atoms with E-state index in [0.717, 1.165) is 25.7 Å². The van der Waals surface area contributed by atoms with Gasteiger partial charge in [-0.2, -0.15) is 0 Å². The van der Waals surface area contributed by atoms with E-state index < -0.39 is 48.7 Å². The van der Waals surface area contributed by atoms with Crippen molar-refractivity contribution in [3.8, 4) is 0 Å². The van der Waals surface area contributed by atoms with Gasteiger partial charge in [0.25, 0.3) is 0 Å². The molecule has 0 saturated heterocycles. The normalized spacial score (nSPS) is 21.9. The maximum absolute atomic E-state index is 12.7. The molecule has 2 amide bonds. The molecule has 0 spiro atoms. The van der Waals surface area contributed by atoms with E-state index >= 15 is 0 Å². The molecule has 0 aromatic rings. The van der Waals surface area contributed by atoms with Crippen LogP contribution in [-0.4, -0.2) is 87.4 Å². The Labute approximate surface area is 300 Å². The van der Waals surface area contributed by atoms with Crippen molar-refractivity contribution in [1.82, 2.24) is 10.6 Å². The van der Waals surface area contributed by atoms with Gasteiger partial charge in [-0.15, -0.1) is 0 Å². The Morgan fingerprint density at radius 1 is 0.653 bits per heavy atom. The number of aliphatic hydroxyl groups excluding tert-OH is 5. The Morgan fingerprint density at radius 3 is 1.57 bits per heavy atom. The lowest BCUT2D eigenvalue weighted by atomic mass is 9.92. The summed E-state index contributed by atoms with van der Waals surface area (Å²) in [5.74, 6) is 0. The molecule has 9 heteroatoms. The van der Waals surface area contributed by atoms with Crippen molar-refractivity contribution in [2.24, 2.45) is 0 Å². The van der Waals surface area contributed by atoms with Crippen LogP contribution in [0, 0.1) is 0 Å². The fraction of sp³-hybridized carbons (Fsp3) is 0.975. The van der Waals surface area contributed by atoms with Gasteiger partial charge in [0.2, 0.25) is 0 Å². The van der Waals surface area contributed by atoms with Crippen LogP contribution < -0.4 is 10.6 Å². The third kappa shape index (κ3) is 24.8. The molecule has 9 nitrogen and oxygen atoms in total. The van der Waals surface area contributed by atoms with Gasteiger partial charge in [0.15, 0.2) is 0 Å². The molecule has 1 rings (SSSR count). The Bertz CT molecular complexity index is 745. The van der Waals surface area contributed by atoms with E-state index in [1.165, 1.54) is 122 Å². The average Bonchev–Trinajstić information content (AvgIpc) is 3.09. The zero-order valence-electron chi connectivity index (χ0n) is 31.8. The van der Waals surface area contributed by atoms with E-state index in [9.17, 15) is 30.3 Å². The van der Waals surface area contributed by atoms with Gasteiger partial charge >= 0.3 is 6.03 Å². The first-order valence-corrected chi connectivity index (χ1v) is 20.9. The van der Waals surface area contributed by atoms with E-state index in [0.29, 0.717) is 32.2 Å². The summed E-state index contributed by atoms with van der Waals surface area (Å²) >= 11 is 0. The second kappa shape index (κ2) is 31.7. The van der Waals surface area contributed by atoms with Gasteiger partial charge in [0.1, 0.15) is 12.2 Å². The van der Waals surface area contributed by atoms with Crippen molar-refractivity contribution in [3.05, 3.63) is 0 Å². The Hall–Kier alpha value is -0.970. The van der Waals surface area contributed by atoms with Crippen LogP contribution in [0.1, 0.15) is 194 Å². The first kappa shape index (κ1) is 46.1. The second-order valence-electron chi connectivity index (χ2n) is 15.0. The summed E-state index contributed by atoms with van der Waals surface area (Å²) in [5, 5.41) is 57.3. The molecule has 0 aliphatic heterocycles. The maximum Gasteiger partial charge on any atom is 0.315 e. The summed E-state index contributed by atoms with van der Waals surface area (Å²) in [6.07, 6.45) is 26.2. The van der Waals surface area contributed by atoms with Gasteiger partial charge in [0.05, 0.1) is 37.1 Å². The van der Waals surface area contributed by atoms with Gasteiger partial charge in [-0.3, -0.25) is 0 Å². The van der Waals surface area contributed by atoms with E-state index in [1.54, 1.807) is 0 Å². The van der Waals surface area contributed by atoms with Crippen LogP contribution in [0.4, 0.5) is 4.79 Å². The lowest BCUT2D eigenvalue weighted by Crippen LogP contribution is -2.53. The van der Waals surface area contributed by atoms with Gasteiger partial charge in [-0.25, -0.2) is 4.79 Å². The zero-order chi connectivity index (χ0) is 36.0. The lowest BCUT2D eigenvalue weighted by Gasteiger charge is -2.34. The Kier molecular flexibility index (Phi) is 29.8. The molecule has 7 N–H and O–H groups in total. The highest BCUT2D eigenvalue weighted by atomic mass is 16.5. The number of carbonyl (C=O) groups is 1. The van der Waals surface area contributed by atoms with Gasteiger partial charge in [-0.1, -0.05) is 162 Å². The third-order valence-corrected chi connectivity index (χ3v) is 10.4. The highest BCUT2D eigenvalue weighted by Gasteiger charge is 2.34. The minimum atomic E-state index is -1.31. The summed E-state index contributed by atoms with van der Waals surface area (Å²) in [7, 11) is 0. The fourth-order valence-electron chi connectivity index (χ4n) is 6.91. The quantitative estimate of drug-likeness (QED) is 0.0364. The minimum absolute atomic E-state index is 0.0821. The predicted molar refractivity (Wildman–Crippen MR) is 201 cm³/mol. The summed E-state index contributed by atoms with van der Waals surface area (Å²) in [5.41, 5.74) is 0. The first-order valence-electron chi connectivity index (χ1n) is 20.9. The summed E-state index contributed by atoms with van der Waals surface area (Å²) < 4.78 is 5.90. The SMILES string of the molecule is CCCCCCCCCCCCCCCCCCCCCCCCNC(=O)NC(COC1CCCCC(O)C(O)C1O)C(O)CC(O)CC. The van der Waals surface area contributed by atoms with Gasteiger partial charge in [-0.05, 0) is 25.7 Å². The molecule has 1 aliphatic carbocycles. The maximum atomic E-state index is 12.7. The van der Waals surface area contributed by atoms with Crippen LogP contribution in [0.3, 0.4) is 0 Å². The highest BCUT2D eigenvalue weighted by Crippen LogP contribution is 2.22. The molecule has 49 heavy (non-hydrogen) atoms. The molecule has 0 bridgehead atoms. The number of aliphatic hydroxyl groups is 5. The zero-order valence-corrected chi connectivity index (χ0v) is 31.8. The van der Waals surface area contributed by atoms with Crippen LogP contribution in [-0.2, 0) is 4.74 Å². The lowest BCUT2D eigenvalue weighted by molar-refractivity contribution is -0.137. The van der Waals surface area contributed by atoms with Crippen molar-refractivity contribution in [2.75, 3.05) is 13.2 Å². The molecular formula is C40H80N2O7. The molecular weight excluding hydrogens is 620 g/mol.